The molecule has 0 aromatic carbocycles. The van der Waals surface area contributed by atoms with Crippen LogP contribution in [0.5, 0.6) is 0 Å². The number of hydrogen-bond donors (Lipinski definition) is 1. The van der Waals surface area contributed by atoms with Crippen LogP contribution < -0.4 is 5.32 Å². The number of nitrogens with one attached hydrogen (secondary N) is 1. The molecule has 0 spiro atoms. The molecule has 1 fully saturated rings. The molecule has 3 heteroatoms. The molecule has 15 heavy (non-hydrogen) atoms. The van der Waals surface area contributed by atoms with Gasteiger partial charge in [0.1, 0.15) is 0 Å². The lowest BCUT2D eigenvalue weighted by Gasteiger charge is -2.39. The van der Waals surface area contributed by atoms with Gasteiger partial charge in [0.05, 0.1) is 6.61 Å². The molecule has 0 aromatic rings. The lowest BCUT2D eigenvalue weighted by atomic mass is 10.0. The molecular weight excluding hydrogens is 188 g/mol. The van der Waals surface area contributed by atoms with E-state index in [0.29, 0.717) is 5.92 Å². The second-order valence-electron chi connectivity index (χ2n) is 5.56. The van der Waals surface area contributed by atoms with Gasteiger partial charge in [-0.25, -0.2) is 0 Å². The van der Waals surface area contributed by atoms with Crippen LogP contribution in [0, 0.1) is 5.92 Å². The second kappa shape index (κ2) is 5.83. The Morgan fingerprint density at radius 3 is 2.73 bits per heavy atom. The molecule has 0 unspecified atom stereocenters. The van der Waals surface area contributed by atoms with Crippen LogP contribution in [0.15, 0.2) is 0 Å². The summed E-state index contributed by atoms with van der Waals surface area (Å²) in [5.74, 6) is 0.643. The Labute approximate surface area is 94.2 Å². The number of nitrogens with zero attached hydrogens (tertiary/aromatic N) is 1. The standard InChI is InChI=1S/C12H26N2O/c1-11(2)9-15-8-7-14-6-5-13-12(3,4)10-14/h11,13H,5-10H2,1-4H3. The van der Waals surface area contributed by atoms with E-state index in [2.05, 4.69) is 37.9 Å². The Morgan fingerprint density at radius 2 is 2.13 bits per heavy atom. The largest absolute Gasteiger partial charge is 0.380 e. The topological polar surface area (TPSA) is 24.5 Å². The molecule has 1 aliphatic rings. The van der Waals surface area contributed by atoms with E-state index in [1.54, 1.807) is 0 Å². The van der Waals surface area contributed by atoms with Crippen molar-refractivity contribution in [2.75, 3.05) is 39.4 Å². The summed E-state index contributed by atoms with van der Waals surface area (Å²) in [6.45, 7) is 15.1. The highest BCUT2D eigenvalue weighted by Crippen LogP contribution is 2.09. The van der Waals surface area contributed by atoms with Crippen LogP contribution in [0.1, 0.15) is 27.7 Å². The van der Waals surface area contributed by atoms with Crippen molar-refractivity contribution >= 4 is 0 Å². The van der Waals surface area contributed by atoms with Crippen LogP contribution in [-0.2, 0) is 4.74 Å². The third kappa shape index (κ3) is 5.50. The first kappa shape index (κ1) is 12.9. The van der Waals surface area contributed by atoms with Crippen LogP contribution in [0.4, 0.5) is 0 Å². The SMILES string of the molecule is CC(C)COCCN1CCNC(C)(C)C1. The predicted octanol–water partition coefficient (Wildman–Crippen LogP) is 1.34. The molecule has 0 amide bonds. The molecule has 1 heterocycles. The fraction of sp³-hybridized carbons (Fsp3) is 1.00. The Kier molecular flexibility index (Phi) is 5.03. The molecule has 90 valence electrons. The van der Waals surface area contributed by atoms with E-state index in [1.165, 1.54) is 0 Å². The zero-order chi connectivity index (χ0) is 11.3. The number of rotatable bonds is 5. The lowest BCUT2D eigenvalue weighted by Crippen LogP contribution is -2.57. The Hall–Kier alpha value is -0.120. The van der Waals surface area contributed by atoms with Gasteiger partial charge in [-0.05, 0) is 19.8 Å². The normalized spacial score (nSPS) is 22.2. The highest BCUT2D eigenvalue weighted by atomic mass is 16.5. The molecule has 1 aliphatic heterocycles. The first-order chi connectivity index (χ1) is 6.99. The fourth-order valence-corrected chi connectivity index (χ4v) is 1.95. The van der Waals surface area contributed by atoms with Crippen molar-refractivity contribution in [3.63, 3.8) is 0 Å². The van der Waals surface area contributed by atoms with Gasteiger partial charge in [-0.15, -0.1) is 0 Å². The van der Waals surface area contributed by atoms with E-state index in [4.69, 9.17) is 4.74 Å². The highest BCUT2D eigenvalue weighted by Gasteiger charge is 2.24. The maximum Gasteiger partial charge on any atom is 0.0593 e. The monoisotopic (exact) mass is 214 g/mol. The van der Waals surface area contributed by atoms with Gasteiger partial charge in [-0.2, -0.15) is 0 Å². The first-order valence-electron chi connectivity index (χ1n) is 6.05. The van der Waals surface area contributed by atoms with Crippen LogP contribution in [0.3, 0.4) is 0 Å². The summed E-state index contributed by atoms with van der Waals surface area (Å²) in [5, 5.41) is 3.51. The fourth-order valence-electron chi connectivity index (χ4n) is 1.95. The highest BCUT2D eigenvalue weighted by molar-refractivity contribution is 4.86. The molecule has 1 saturated heterocycles. The van der Waals surface area contributed by atoms with E-state index < -0.39 is 0 Å². The van der Waals surface area contributed by atoms with E-state index in [9.17, 15) is 0 Å². The molecule has 0 aliphatic carbocycles. The van der Waals surface area contributed by atoms with Crippen LogP contribution in [0.25, 0.3) is 0 Å². The van der Waals surface area contributed by atoms with Crippen molar-refractivity contribution in [3.8, 4) is 0 Å². The minimum Gasteiger partial charge on any atom is -0.380 e. The quantitative estimate of drug-likeness (QED) is 0.699. The summed E-state index contributed by atoms with van der Waals surface area (Å²) in [5.41, 5.74) is 0.260. The molecule has 1 rings (SSSR count). The number of ether oxygens (including phenoxy) is 1. The first-order valence-corrected chi connectivity index (χ1v) is 6.05. The molecule has 0 saturated carbocycles. The summed E-state index contributed by atoms with van der Waals surface area (Å²) < 4.78 is 5.60. The minimum atomic E-state index is 0.260. The zero-order valence-corrected chi connectivity index (χ0v) is 10.7. The molecular formula is C12H26N2O. The average molecular weight is 214 g/mol. The molecule has 0 radical (unpaired) electrons. The van der Waals surface area contributed by atoms with Crippen LogP contribution in [-0.4, -0.2) is 49.8 Å². The third-order valence-electron chi connectivity index (χ3n) is 2.65. The van der Waals surface area contributed by atoms with Crippen molar-refractivity contribution < 1.29 is 4.74 Å². The van der Waals surface area contributed by atoms with E-state index in [1.807, 2.05) is 0 Å². The van der Waals surface area contributed by atoms with E-state index in [-0.39, 0.29) is 5.54 Å². The summed E-state index contributed by atoms with van der Waals surface area (Å²) in [4.78, 5) is 2.48. The van der Waals surface area contributed by atoms with Gasteiger partial charge in [-0.1, -0.05) is 13.8 Å². The zero-order valence-electron chi connectivity index (χ0n) is 10.7. The number of piperazine rings is 1. The van der Waals surface area contributed by atoms with E-state index >= 15 is 0 Å². The summed E-state index contributed by atoms with van der Waals surface area (Å²) in [7, 11) is 0. The smallest absolute Gasteiger partial charge is 0.0593 e. The molecule has 3 nitrogen and oxygen atoms in total. The summed E-state index contributed by atoms with van der Waals surface area (Å²) >= 11 is 0. The van der Waals surface area contributed by atoms with Crippen molar-refractivity contribution in [1.82, 2.24) is 10.2 Å². The molecule has 0 bridgehead atoms. The summed E-state index contributed by atoms with van der Waals surface area (Å²) in [6, 6.07) is 0. The Balaban J connectivity index is 2.11. The molecule has 1 N–H and O–H groups in total. The van der Waals surface area contributed by atoms with Gasteiger partial charge in [-0.3, -0.25) is 4.90 Å². The maximum absolute atomic E-state index is 5.60. The second-order valence-corrected chi connectivity index (χ2v) is 5.56. The lowest BCUT2D eigenvalue weighted by molar-refractivity contribution is 0.0676. The van der Waals surface area contributed by atoms with Gasteiger partial charge < -0.3 is 10.1 Å². The maximum atomic E-state index is 5.60. The molecule has 0 atom stereocenters. The van der Waals surface area contributed by atoms with Crippen molar-refractivity contribution in [1.29, 1.82) is 0 Å². The Morgan fingerprint density at radius 1 is 1.40 bits per heavy atom. The van der Waals surface area contributed by atoms with Gasteiger partial charge in [0, 0.05) is 38.3 Å². The van der Waals surface area contributed by atoms with Gasteiger partial charge >= 0.3 is 0 Å². The molecule has 0 aromatic heterocycles. The van der Waals surface area contributed by atoms with Crippen LogP contribution >= 0.6 is 0 Å². The van der Waals surface area contributed by atoms with Gasteiger partial charge in [0.15, 0.2) is 0 Å². The average Bonchev–Trinajstić information content (AvgIpc) is 2.10. The van der Waals surface area contributed by atoms with Gasteiger partial charge in [0.2, 0.25) is 0 Å². The van der Waals surface area contributed by atoms with E-state index in [0.717, 1.165) is 39.4 Å². The number of hydrogen-bond acceptors (Lipinski definition) is 3. The summed E-state index contributed by atoms with van der Waals surface area (Å²) in [6.07, 6.45) is 0. The Bertz CT molecular complexity index is 180. The van der Waals surface area contributed by atoms with Crippen molar-refractivity contribution in [2.24, 2.45) is 5.92 Å². The third-order valence-corrected chi connectivity index (χ3v) is 2.65. The van der Waals surface area contributed by atoms with Crippen LogP contribution in [0.2, 0.25) is 0 Å². The minimum absolute atomic E-state index is 0.260. The van der Waals surface area contributed by atoms with Crippen molar-refractivity contribution in [2.45, 2.75) is 33.2 Å². The van der Waals surface area contributed by atoms with Crippen molar-refractivity contribution in [3.05, 3.63) is 0 Å². The predicted molar refractivity (Wildman–Crippen MR) is 64.2 cm³/mol. The van der Waals surface area contributed by atoms with Gasteiger partial charge in [0.25, 0.3) is 0 Å².